The van der Waals surface area contributed by atoms with Gasteiger partial charge < -0.3 is 4.74 Å². The molecule has 0 N–H and O–H groups in total. The maximum absolute atomic E-state index is 12.3. The van der Waals surface area contributed by atoms with Gasteiger partial charge in [0.15, 0.2) is 0 Å². The lowest BCUT2D eigenvalue weighted by atomic mass is 9.87. The van der Waals surface area contributed by atoms with Crippen molar-refractivity contribution in [2.75, 3.05) is 6.54 Å². The predicted octanol–water partition coefficient (Wildman–Crippen LogP) is 4.51. The van der Waals surface area contributed by atoms with E-state index in [0.717, 1.165) is 9.13 Å². The maximum Gasteiger partial charge on any atom is 0.298 e. The van der Waals surface area contributed by atoms with Crippen LogP contribution in [0.3, 0.4) is 0 Å². The molecule has 116 valence electrons. The van der Waals surface area contributed by atoms with Crippen LogP contribution in [0.1, 0.15) is 33.3 Å². The standard InChI is InChI=1S/C16H17NO2S3/c1-5-17-13(18)12(19-15(17)20)14-21-10-7-6-9(16(2,3)4)8-11(10)22-14/h6-8H,5H2,1-4H3/b14-12+. The summed E-state index contributed by atoms with van der Waals surface area (Å²) < 4.78 is 6.41. The summed E-state index contributed by atoms with van der Waals surface area (Å²) in [5.74, 6) is 0.238. The zero-order valence-electron chi connectivity index (χ0n) is 12.9. The van der Waals surface area contributed by atoms with E-state index in [0.29, 0.717) is 12.3 Å². The van der Waals surface area contributed by atoms with Crippen LogP contribution in [0, 0.1) is 0 Å². The van der Waals surface area contributed by atoms with E-state index in [1.54, 1.807) is 23.5 Å². The number of benzene rings is 1. The summed E-state index contributed by atoms with van der Waals surface area (Å²) in [4.78, 5) is 16.2. The molecule has 0 aliphatic carbocycles. The summed E-state index contributed by atoms with van der Waals surface area (Å²) >= 11 is 8.29. The average molecular weight is 352 g/mol. The minimum absolute atomic E-state index is 0.108. The molecule has 1 fully saturated rings. The number of carbonyl (C=O) groups is 1. The van der Waals surface area contributed by atoms with Crippen molar-refractivity contribution in [3.8, 4) is 0 Å². The van der Waals surface area contributed by atoms with Gasteiger partial charge in [-0.05, 0) is 42.3 Å². The summed E-state index contributed by atoms with van der Waals surface area (Å²) in [6.45, 7) is 9.01. The SMILES string of the molecule is CCN1C(=O)/C(=C2/Sc3ccc(C(C)(C)C)cc3S2)OC1=S. The number of likely N-dealkylation sites (N-methyl/N-ethyl adjacent to an activating group) is 1. The highest BCUT2D eigenvalue weighted by Crippen LogP contribution is 2.53. The molecule has 6 heteroatoms. The third-order valence-electron chi connectivity index (χ3n) is 3.57. The second kappa shape index (κ2) is 5.58. The molecule has 2 aliphatic heterocycles. The maximum atomic E-state index is 12.3. The van der Waals surface area contributed by atoms with Crippen LogP contribution in [0.15, 0.2) is 38.0 Å². The van der Waals surface area contributed by atoms with Crippen molar-refractivity contribution in [2.24, 2.45) is 0 Å². The molecule has 0 radical (unpaired) electrons. The summed E-state index contributed by atoms with van der Waals surface area (Å²) in [7, 11) is 0. The first-order valence-corrected chi connectivity index (χ1v) is 9.13. The molecule has 2 heterocycles. The average Bonchev–Trinajstić information content (AvgIpc) is 2.97. The quantitative estimate of drug-likeness (QED) is 0.548. The second-order valence-corrected chi connectivity index (χ2v) is 8.86. The molecule has 1 aromatic carbocycles. The van der Waals surface area contributed by atoms with Crippen molar-refractivity contribution in [1.29, 1.82) is 0 Å². The Labute approximate surface area is 144 Å². The first-order valence-electron chi connectivity index (χ1n) is 7.09. The molecule has 3 rings (SSSR count). The molecule has 0 atom stereocenters. The number of nitrogens with zero attached hydrogens (tertiary/aromatic N) is 1. The number of thioether (sulfide) groups is 2. The molecule has 1 amide bonds. The van der Waals surface area contributed by atoms with Crippen LogP contribution in [-0.2, 0) is 14.9 Å². The van der Waals surface area contributed by atoms with Gasteiger partial charge in [-0.25, -0.2) is 0 Å². The lowest BCUT2D eigenvalue weighted by molar-refractivity contribution is -0.122. The third kappa shape index (κ3) is 2.68. The van der Waals surface area contributed by atoms with Gasteiger partial charge in [-0.3, -0.25) is 9.69 Å². The molecule has 0 spiro atoms. The number of ether oxygens (including phenoxy) is 1. The Kier molecular flexibility index (Phi) is 4.03. The Balaban J connectivity index is 1.93. The monoisotopic (exact) mass is 351 g/mol. The molecule has 0 aromatic heterocycles. The summed E-state index contributed by atoms with van der Waals surface area (Å²) in [5.41, 5.74) is 1.39. The highest BCUT2D eigenvalue weighted by molar-refractivity contribution is 8.24. The van der Waals surface area contributed by atoms with Gasteiger partial charge in [-0.15, -0.1) is 0 Å². The minimum atomic E-state index is -0.133. The van der Waals surface area contributed by atoms with Crippen LogP contribution in [0.4, 0.5) is 0 Å². The highest BCUT2D eigenvalue weighted by atomic mass is 32.2. The third-order valence-corrected chi connectivity index (χ3v) is 6.37. The fourth-order valence-electron chi connectivity index (χ4n) is 2.25. The van der Waals surface area contributed by atoms with Gasteiger partial charge >= 0.3 is 0 Å². The van der Waals surface area contributed by atoms with E-state index in [4.69, 9.17) is 17.0 Å². The normalized spacial score (nSPS) is 21.4. The summed E-state index contributed by atoms with van der Waals surface area (Å²) in [6, 6.07) is 6.48. The van der Waals surface area contributed by atoms with E-state index in [9.17, 15) is 4.79 Å². The molecule has 3 nitrogen and oxygen atoms in total. The molecule has 1 saturated heterocycles. The Morgan fingerprint density at radius 2 is 1.91 bits per heavy atom. The van der Waals surface area contributed by atoms with Crippen molar-refractivity contribution in [2.45, 2.75) is 42.9 Å². The van der Waals surface area contributed by atoms with Crippen molar-refractivity contribution >= 4 is 46.8 Å². The largest absolute Gasteiger partial charge is 0.424 e. The van der Waals surface area contributed by atoms with Crippen LogP contribution in [-0.4, -0.2) is 22.5 Å². The van der Waals surface area contributed by atoms with Gasteiger partial charge in [0.25, 0.3) is 11.1 Å². The van der Waals surface area contributed by atoms with Crippen LogP contribution < -0.4 is 0 Å². The minimum Gasteiger partial charge on any atom is -0.424 e. The summed E-state index contributed by atoms with van der Waals surface area (Å²) in [5, 5.41) is 0.252. The van der Waals surface area contributed by atoms with Gasteiger partial charge in [0, 0.05) is 16.3 Å². The van der Waals surface area contributed by atoms with E-state index in [-0.39, 0.29) is 16.5 Å². The lowest BCUT2D eigenvalue weighted by Gasteiger charge is -2.19. The van der Waals surface area contributed by atoms with Gasteiger partial charge in [0.05, 0.1) is 4.24 Å². The molecule has 2 aliphatic rings. The van der Waals surface area contributed by atoms with Crippen LogP contribution >= 0.6 is 35.7 Å². The topological polar surface area (TPSA) is 29.5 Å². The van der Waals surface area contributed by atoms with Crippen molar-refractivity contribution in [3.05, 3.63) is 33.8 Å². The molecule has 0 saturated carbocycles. The Morgan fingerprint density at radius 3 is 2.50 bits per heavy atom. The first-order chi connectivity index (χ1) is 10.3. The Hall–Kier alpha value is -0.980. The number of hydrogen-bond acceptors (Lipinski definition) is 5. The zero-order valence-corrected chi connectivity index (χ0v) is 15.4. The molecule has 0 bridgehead atoms. The van der Waals surface area contributed by atoms with Crippen LogP contribution in [0.25, 0.3) is 0 Å². The summed E-state index contributed by atoms with van der Waals surface area (Å²) in [6.07, 6.45) is 0. The van der Waals surface area contributed by atoms with E-state index < -0.39 is 0 Å². The Bertz CT molecular complexity index is 704. The number of fused-ring (bicyclic) bond motifs is 1. The van der Waals surface area contributed by atoms with Gasteiger partial charge in [0.2, 0.25) is 5.76 Å². The number of rotatable bonds is 1. The van der Waals surface area contributed by atoms with E-state index in [1.165, 1.54) is 15.4 Å². The fraction of sp³-hybridized carbons (Fsp3) is 0.375. The van der Waals surface area contributed by atoms with E-state index >= 15 is 0 Å². The molecular weight excluding hydrogens is 334 g/mol. The van der Waals surface area contributed by atoms with Gasteiger partial charge in [-0.1, -0.05) is 50.4 Å². The molecule has 22 heavy (non-hydrogen) atoms. The van der Waals surface area contributed by atoms with E-state index in [1.807, 2.05) is 6.92 Å². The van der Waals surface area contributed by atoms with Crippen molar-refractivity contribution in [3.63, 3.8) is 0 Å². The predicted molar refractivity (Wildman–Crippen MR) is 95.0 cm³/mol. The first kappa shape index (κ1) is 15.9. The van der Waals surface area contributed by atoms with Crippen LogP contribution in [0.5, 0.6) is 0 Å². The lowest BCUT2D eigenvalue weighted by Crippen LogP contribution is -2.27. The van der Waals surface area contributed by atoms with Crippen molar-refractivity contribution in [1.82, 2.24) is 4.90 Å². The number of amides is 1. The van der Waals surface area contributed by atoms with Gasteiger partial charge in [0.1, 0.15) is 0 Å². The van der Waals surface area contributed by atoms with Crippen molar-refractivity contribution < 1.29 is 9.53 Å². The van der Waals surface area contributed by atoms with Gasteiger partial charge in [-0.2, -0.15) is 0 Å². The number of hydrogen-bond donors (Lipinski definition) is 0. The molecule has 0 unspecified atom stereocenters. The smallest absolute Gasteiger partial charge is 0.298 e. The zero-order chi connectivity index (χ0) is 16.1. The fourth-order valence-corrected chi connectivity index (χ4v) is 4.99. The number of carbonyl (C=O) groups excluding carboxylic acids is 1. The molecular formula is C16H17NO2S3. The van der Waals surface area contributed by atoms with Crippen LogP contribution in [0.2, 0.25) is 0 Å². The van der Waals surface area contributed by atoms with E-state index in [2.05, 4.69) is 39.0 Å². The second-order valence-electron chi connectivity index (χ2n) is 6.15. The number of thiocarbonyl (C=S) groups is 1. The molecule has 1 aromatic rings. The Morgan fingerprint density at radius 1 is 1.23 bits per heavy atom. The highest BCUT2D eigenvalue weighted by Gasteiger charge is 2.37.